The van der Waals surface area contributed by atoms with Crippen LogP contribution in [0, 0.1) is 0 Å². The second-order valence-corrected chi connectivity index (χ2v) is 4.79. The fourth-order valence-electron chi connectivity index (χ4n) is 2.73. The smallest absolute Gasteiger partial charge is 0.231 e. The molecule has 96 valence electrons. The Hall–Kier alpha value is -2.23. The van der Waals surface area contributed by atoms with Crippen LogP contribution in [0.4, 0.5) is 0 Å². The first-order valence-electron chi connectivity index (χ1n) is 6.44. The normalized spacial score (nSPS) is 16.2. The van der Waals surface area contributed by atoms with E-state index in [1.807, 2.05) is 12.1 Å². The molecule has 4 rings (SSSR count). The molecule has 0 atom stereocenters. The summed E-state index contributed by atoms with van der Waals surface area (Å²) >= 11 is 0. The maximum absolute atomic E-state index is 5.45. The zero-order valence-corrected chi connectivity index (χ0v) is 10.7. The van der Waals surface area contributed by atoms with Crippen LogP contribution in [-0.2, 0) is 6.54 Å². The summed E-state index contributed by atoms with van der Waals surface area (Å²) in [4.78, 5) is 4.49. The summed E-state index contributed by atoms with van der Waals surface area (Å²) in [5, 5.41) is 0. The van der Waals surface area contributed by atoms with E-state index >= 15 is 0 Å². The highest BCUT2D eigenvalue weighted by Crippen LogP contribution is 2.36. The summed E-state index contributed by atoms with van der Waals surface area (Å²) < 4.78 is 13.1. The molecule has 0 saturated heterocycles. The number of hydrogen-bond acceptors (Lipinski definition) is 3. The third-order valence-electron chi connectivity index (χ3n) is 3.69. The standard InChI is InChI=1S/C15H14N2O2/c1-10-12-3-4-13(17(12)7-6-16-10)11-2-5-14-15(8-11)19-9-18-14/h2-5,8H,6-7,9H2,1H3. The van der Waals surface area contributed by atoms with E-state index in [1.165, 1.54) is 11.4 Å². The molecule has 2 aromatic rings. The monoisotopic (exact) mass is 254 g/mol. The largest absolute Gasteiger partial charge is 0.454 e. The third kappa shape index (κ3) is 1.56. The van der Waals surface area contributed by atoms with Crippen LogP contribution in [-0.4, -0.2) is 23.6 Å². The van der Waals surface area contributed by atoms with E-state index in [-0.39, 0.29) is 0 Å². The van der Waals surface area contributed by atoms with Gasteiger partial charge in [0.2, 0.25) is 6.79 Å². The molecule has 2 aliphatic heterocycles. The van der Waals surface area contributed by atoms with Crippen molar-refractivity contribution < 1.29 is 9.47 Å². The van der Waals surface area contributed by atoms with Crippen molar-refractivity contribution in [2.24, 2.45) is 4.99 Å². The molecule has 0 radical (unpaired) electrons. The molecule has 0 saturated carbocycles. The van der Waals surface area contributed by atoms with Crippen LogP contribution in [0.2, 0.25) is 0 Å². The van der Waals surface area contributed by atoms with E-state index in [0.717, 1.165) is 35.9 Å². The molecule has 0 N–H and O–H groups in total. The maximum Gasteiger partial charge on any atom is 0.231 e. The lowest BCUT2D eigenvalue weighted by Crippen LogP contribution is -2.16. The number of aliphatic imine (C=N–C) groups is 1. The van der Waals surface area contributed by atoms with E-state index in [1.54, 1.807) is 0 Å². The van der Waals surface area contributed by atoms with Crippen molar-refractivity contribution in [3.05, 3.63) is 36.0 Å². The van der Waals surface area contributed by atoms with Crippen LogP contribution < -0.4 is 9.47 Å². The van der Waals surface area contributed by atoms with Gasteiger partial charge in [-0.15, -0.1) is 0 Å². The third-order valence-corrected chi connectivity index (χ3v) is 3.69. The van der Waals surface area contributed by atoms with Crippen LogP contribution in [0.25, 0.3) is 11.3 Å². The molecule has 2 aliphatic rings. The van der Waals surface area contributed by atoms with Crippen molar-refractivity contribution >= 4 is 5.71 Å². The van der Waals surface area contributed by atoms with E-state index in [0.29, 0.717) is 6.79 Å². The lowest BCUT2D eigenvalue weighted by atomic mass is 10.1. The Balaban J connectivity index is 1.83. The van der Waals surface area contributed by atoms with Gasteiger partial charge in [-0.2, -0.15) is 0 Å². The Bertz CT molecular complexity index is 685. The van der Waals surface area contributed by atoms with E-state index in [9.17, 15) is 0 Å². The van der Waals surface area contributed by atoms with Gasteiger partial charge >= 0.3 is 0 Å². The van der Waals surface area contributed by atoms with Gasteiger partial charge in [0.25, 0.3) is 0 Å². The van der Waals surface area contributed by atoms with Gasteiger partial charge in [-0.1, -0.05) is 0 Å². The molecule has 1 aromatic carbocycles. The van der Waals surface area contributed by atoms with Gasteiger partial charge in [0.1, 0.15) is 0 Å². The average molecular weight is 254 g/mol. The Kier molecular flexibility index (Phi) is 2.18. The number of rotatable bonds is 1. The van der Waals surface area contributed by atoms with E-state index in [4.69, 9.17) is 9.47 Å². The van der Waals surface area contributed by atoms with Crippen molar-refractivity contribution in [2.45, 2.75) is 13.5 Å². The molecule has 1 aromatic heterocycles. The number of aromatic nitrogens is 1. The van der Waals surface area contributed by atoms with Gasteiger partial charge in [-0.3, -0.25) is 4.99 Å². The van der Waals surface area contributed by atoms with E-state index in [2.05, 4.69) is 34.7 Å². The van der Waals surface area contributed by atoms with Gasteiger partial charge in [-0.05, 0) is 37.3 Å². The summed E-state index contributed by atoms with van der Waals surface area (Å²) in [6.07, 6.45) is 0. The highest BCUT2D eigenvalue weighted by Gasteiger charge is 2.18. The van der Waals surface area contributed by atoms with Crippen LogP contribution in [0.15, 0.2) is 35.3 Å². The number of fused-ring (bicyclic) bond motifs is 2. The van der Waals surface area contributed by atoms with Gasteiger partial charge in [0.05, 0.1) is 18.0 Å². The minimum Gasteiger partial charge on any atom is -0.454 e. The highest BCUT2D eigenvalue weighted by molar-refractivity contribution is 5.98. The van der Waals surface area contributed by atoms with Crippen molar-refractivity contribution in [3.8, 4) is 22.8 Å². The summed E-state index contributed by atoms with van der Waals surface area (Å²) in [7, 11) is 0. The van der Waals surface area contributed by atoms with Crippen molar-refractivity contribution in [1.29, 1.82) is 0 Å². The average Bonchev–Trinajstić information content (AvgIpc) is 3.04. The van der Waals surface area contributed by atoms with Crippen LogP contribution in [0.3, 0.4) is 0 Å². The topological polar surface area (TPSA) is 35.8 Å². The molecule has 0 bridgehead atoms. The molecule has 0 spiro atoms. The number of benzene rings is 1. The first-order chi connectivity index (χ1) is 9.33. The predicted octanol–water partition coefficient (Wildman–Crippen LogP) is 2.71. The highest BCUT2D eigenvalue weighted by atomic mass is 16.7. The Labute approximate surface area is 111 Å². The molecule has 4 heteroatoms. The van der Waals surface area contributed by atoms with Crippen molar-refractivity contribution in [3.63, 3.8) is 0 Å². The number of ether oxygens (including phenoxy) is 2. The van der Waals surface area contributed by atoms with Crippen LogP contribution in [0.1, 0.15) is 12.6 Å². The molecular formula is C15H14N2O2. The van der Waals surface area contributed by atoms with Crippen LogP contribution in [0.5, 0.6) is 11.5 Å². The predicted molar refractivity (Wildman–Crippen MR) is 73.1 cm³/mol. The fraction of sp³-hybridized carbons (Fsp3) is 0.267. The lowest BCUT2D eigenvalue weighted by molar-refractivity contribution is 0.174. The molecule has 0 fully saturated rings. The zero-order chi connectivity index (χ0) is 12.8. The molecule has 4 nitrogen and oxygen atoms in total. The van der Waals surface area contributed by atoms with Crippen LogP contribution >= 0.6 is 0 Å². The van der Waals surface area contributed by atoms with E-state index < -0.39 is 0 Å². The quantitative estimate of drug-likeness (QED) is 0.784. The van der Waals surface area contributed by atoms with Crippen molar-refractivity contribution in [1.82, 2.24) is 4.57 Å². The molecule has 0 aliphatic carbocycles. The van der Waals surface area contributed by atoms with Gasteiger partial charge in [0.15, 0.2) is 11.5 Å². The first-order valence-corrected chi connectivity index (χ1v) is 6.44. The second kappa shape index (κ2) is 3.88. The molecule has 3 heterocycles. The number of hydrogen-bond donors (Lipinski definition) is 0. The van der Waals surface area contributed by atoms with Gasteiger partial charge in [-0.25, -0.2) is 0 Å². The SMILES string of the molecule is CC1=NCCn2c1ccc2-c1ccc2c(c1)OCO2. The Morgan fingerprint density at radius 1 is 1.05 bits per heavy atom. The minimum absolute atomic E-state index is 0.316. The fourth-order valence-corrected chi connectivity index (χ4v) is 2.73. The summed E-state index contributed by atoms with van der Waals surface area (Å²) in [6, 6.07) is 10.4. The van der Waals surface area contributed by atoms with Gasteiger partial charge in [0, 0.05) is 17.8 Å². The van der Waals surface area contributed by atoms with Crippen molar-refractivity contribution in [2.75, 3.05) is 13.3 Å². The van der Waals surface area contributed by atoms with Gasteiger partial charge < -0.3 is 14.0 Å². The first kappa shape index (κ1) is 10.7. The lowest BCUT2D eigenvalue weighted by Gasteiger charge is -2.17. The summed E-state index contributed by atoms with van der Waals surface area (Å²) in [5.41, 5.74) is 4.69. The zero-order valence-electron chi connectivity index (χ0n) is 10.7. The minimum atomic E-state index is 0.316. The molecular weight excluding hydrogens is 240 g/mol. The second-order valence-electron chi connectivity index (χ2n) is 4.79. The maximum atomic E-state index is 5.45. The Morgan fingerprint density at radius 3 is 2.84 bits per heavy atom. The molecule has 19 heavy (non-hydrogen) atoms. The molecule has 0 amide bonds. The Morgan fingerprint density at radius 2 is 1.89 bits per heavy atom. The summed E-state index contributed by atoms with van der Waals surface area (Å²) in [6.45, 7) is 4.17. The molecule has 0 unspecified atom stereocenters. The number of nitrogens with zero attached hydrogens (tertiary/aromatic N) is 2. The summed E-state index contributed by atoms with van der Waals surface area (Å²) in [5.74, 6) is 1.65.